The number of rotatable bonds is 3. The summed E-state index contributed by atoms with van der Waals surface area (Å²) < 4.78 is 40.5. The van der Waals surface area contributed by atoms with Crippen molar-refractivity contribution in [2.24, 2.45) is 5.84 Å². The van der Waals surface area contributed by atoms with Gasteiger partial charge in [-0.1, -0.05) is 29.3 Å². The molecule has 8 heteroatoms. The molecule has 0 fully saturated rings. The molecule has 1 aromatic carbocycles. The molecule has 0 aliphatic rings. The Hall–Kier alpha value is -0.790. The Morgan fingerprint density at radius 2 is 1.79 bits per heavy atom. The lowest BCUT2D eigenvalue weighted by atomic mass is 10.0. The summed E-state index contributed by atoms with van der Waals surface area (Å²) in [5.41, 5.74) is 2.55. The van der Waals surface area contributed by atoms with Crippen LogP contribution < -0.4 is 11.3 Å². The predicted molar refractivity (Wildman–Crippen MR) is 69.8 cm³/mol. The van der Waals surface area contributed by atoms with Gasteiger partial charge in [-0.25, -0.2) is 18.6 Å². The summed E-state index contributed by atoms with van der Waals surface area (Å²) in [6.45, 7) is 0. The van der Waals surface area contributed by atoms with E-state index in [0.717, 1.165) is 23.5 Å². The van der Waals surface area contributed by atoms with Gasteiger partial charge >= 0.3 is 0 Å². The van der Waals surface area contributed by atoms with E-state index in [-0.39, 0.29) is 9.90 Å². The number of nitrogens with two attached hydrogens (primary N) is 1. The highest BCUT2D eigenvalue weighted by Gasteiger charge is 2.24. The van der Waals surface area contributed by atoms with Crippen molar-refractivity contribution in [3.8, 4) is 0 Å². The zero-order chi connectivity index (χ0) is 14.2. The Balaban J connectivity index is 2.54. The summed E-state index contributed by atoms with van der Waals surface area (Å²) >= 11 is 12.8. The zero-order valence-electron chi connectivity index (χ0n) is 9.18. The molecule has 3 N–H and O–H groups in total. The average molecular weight is 327 g/mol. The molecule has 0 saturated carbocycles. The first-order valence-electron chi connectivity index (χ1n) is 5.00. The molecule has 0 aliphatic carbocycles. The van der Waals surface area contributed by atoms with Crippen molar-refractivity contribution in [2.75, 3.05) is 0 Å². The van der Waals surface area contributed by atoms with Gasteiger partial charge in [-0.3, -0.25) is 5.84 Å². The zero-order valence-corrected chi connectivity index (χ0v) is 11.5. The highest BCUT2D eigenvalue weighted by molar-refractivity contribution is 7.20. The van der Waals surface area contributed by atoms with Crippen molar-refractivity contribution in [3.63, 3.8) is 0 Å². The standard InChI is InChI=1S/C11H7Cl2F3N2S/c12-7-3-5(11(13)19-7)10(18-17)4-1-2-6(14)9(16)8(4)15/h1-3,10,18H,17H2. The molecule has 0 amide bonds. The molecule has 19 heavy (non-hydrogen) atoms. The van der Waals surface area contributed by atoms with E-state index in [0.29, 0.717) is 9.90 Å². The lowest BCUT2D eigenvalue weighted by molar-refractivity contribution is 0.433. The van der Waals surface area contributed by atoms with E-state index in [1.165, 1.54) is 6.07 Å². The number of hydrazine groups is 1. The van der Waals surface area contributed by atoms with Crippen LogP contribution in [0, 0.1) is 17.5 Å². The number of hydrogen-bond acceptors (Lipinski definition) is 3. The number of thiophene rings is 1. The summed E-state index contributed by atoms with van der Waals surface area (Å²) in [7, 11) is 0. The Bertz CT molecular complexity index is 618. The molecule has 0 bridgehead atoms. The quantitative estimate of drug-likeness (QED) is 0.508. The molecule has 2 rings (SSSR count). The third-order valence-electron chi connectivity index (χ3n) is 2.54. The second kappa shape index (κ2) is 5.68. The molecule has 102 valence electrons. The Kier molecular flexibility index (Phi) is 4.37. The molecule has 0 aliphatic heterocycles. The van der Waals surface area contributed by atoms with E-state index in [1.54, 1.807) is 0 Å². The summed E-state index contributed by atoms with van der Waals surface area (Å²) in [6, 6.07) is 2.48. The molecule has 2 nitrogen and oxygen atoms in total. The maximum Gasteiger partial charge on any atom is 0.194 e. The van der Waals surface area contributed by atoms with Crippen molar-refractivity contribution in [3.05, 3.63) is 55.5 Å². The number of hydrogen-bond donors (Lipinski definition) is 2. The molecule has 1 aromatic heterocycles. The molecule has 0 radical (unpaired) electrons. The summed E-state index contributed by atoms with van der Waals surface area (Å²) in [6.07, 6.45) is 0. The van der Waals surface area contributed by atoms with Gasteiger partial charge < -0.3 is 0 Å². The highest BCUT2D eigenvalue weighted by Crippen LogP contribution is 2.38. The minimum Gasteiger partial charge on any atom is -0.271 e. The molecule has 2 aromatic rings. The van der Waals surface area contributed by atoms with E-state index in [4.69, 9.17) is 29.0 Å². The minimum absolute atomic E-state index is 0.155. The van der Waals surface area contributed by atoms with E-state index < -0.39 is 23.5 Å². The van der Waals surface area contributed by atoms with Crippen molar-refractivity contribution in [2.45, 2.75) is 6.04 Å². The van der Waals surface area contributed by atoms with Crippen molar-refractivity contribution >= 4 is 34.5 Å². The summed E-state index contributed by atoms with van der Waals surface area (Å²) in [5.74, 6) is 1.19. The molecule has 1 heterocycles. The molecule has 1 unspecified atom stereocenters. The summed E-state index contributed by atoms with van der Waals surface area (Å²) in [4.78, 5) is 0. The van der Waals surface area contributed by atoms with Gasteiger partial charge in [-0.15, -0.1) is 11.3 Å². The third-order valence-corrected chi connectivity index (χ3v) is 4.05. The minimum atomic E-state index is -1.56. The smallest absolute Gasteiger partial charge is 0.194 e. The maximum atomic E-state index is 13.7. The molecular formula is C11H7Cl2F3N2S. The van der Waals surface area contributed by atoms with Gasteiger partial charge in [0.15, 0.2) is 17.5 Å². The molecule has 0 saturated heterocycles. The van der Waals surface area contributed by atoms with Gasteiger partial charge in [-0.2, -0.15) is 0 Å². The first-order valence-corrected chi connectivity index (χ1v) is 6.57. The Labute approximate surface area is 120 Å². The van der Waals surface area contributed by atoms with E-state index in [1.807, 2.05) is 0 Å². The predicted octanol–water partition coefficient (Wildman–Crippen LogP) is 4.02. The highest BCUT2D eigenvalue weighted by atomic mass is 35.5. The van der Waals surface area contributed by atoms with Crippen LogP contribution in [0.4, 0.5) is 13.2 Å². The van der Waals surface area contributed by atoms with Gasteiger partial charge in [-0.05, 0) is 12.1 Å². The Morgan fingerprint density at radius 3 is 2.32 bits per heavy atom. The SMILES string of the molecule is NNC(c1cc(Cl)sc1Cl)c1ccc(F)c(F)c1F. The topological polar surface area (TPSA) is 38.0 Å². The van der Waals surface area contributed by atoms with Crippen LogP contribution in [0.5, 0.6) is 0 Å². The van der Waals surface area contributed by atoms with Crippen LogP contribution in [0.3, 0.4) is 0 Å². The first kappa shape index (κ1) is 14.6. The van der Waals surface area contributed by atoms with Crippen LogP contribution in [0.25, 0.3) is 0 Å². The third kappa shape index (κ3) is 2.73. The van der Waals surface area contributed by atoms with Crippen LogP contribution in [-0.4, -0.2) is 0 Å². The van der Waals surface area contributed by atoms with Gasteiger partial charge in [0.25, 0.3) is 0 Å². The van der Waals surface area contributed by atoms with E-state index in [2.05, 4.69) is 5.43 Å². The number of benzene rings is 1. The van der Waals surface area contributed by atoms with Crippen LogP contribution >= 0.6 is 34.5 Å². The number of nitrogens with one attached hydrogen (secondary N) is 1. The van der Waals surface area contributed by atoms with Gasteiger partial charge in [0.05, 0.1) is 14.7 Å². The lowest BCUT2D eigenvalue weighted by Gasteiger charge is -2.17. The fourth-order valence-electron chi connectivity index (χ4n) is 1.66. The Morgan fingerprint density at radius 1 is 1.11 bits per heavy atom. The van der Waals surface area contributed by atoms with Crippen LogP contribution in [0.2, 0.25) is 8.67 Å². The molecule has 1 atom stereocenters. The summed E-state index contributed by atoms with van der Waals surface area (Å²) in [5, 5.41) is 0. The van der Waals surface area contributed by atoms with Crippen LogP contribution in [0.15, 0.2) is 18.2 Å². The van der Waals surface area contributed by atoms with Gasteiger partial charge in [0.2, 0.25) is 0 Å². The normalized spacial score (nSPS) is 12.7. The van der Waals surface area contributed by atoms with Gasteiger partial charge in [0.1, 0.15) is 0 Å². The van der Waals surface area contributed by atoms with Gasteiger partial charge in [0, 0.05) is 11.1 Å². The molecule has 0 spiro atoms. The molecular weight excluding hydrogens is 320 g/mol. The maximum absolute atomic E-state index is 13.7. The second-order valence-corrected chi connectivity index (χ2v) is 5.93. The monoisotopic (exact) mass is 326 g/mol. The lowest BCUT2D eigenvalue weighted by Crippen LogP contribution is -2.29. The fraction of sp³-hybridized carbons (Fsp3) is 0.0909. The number of halogens is 5. The second-order valence-electron chi connectivity index (χ2n) is 3.64. The van der Waals surface area contributed by atoms with Crippen LogP contribution in [0.1, 0.15) is 17.2 Å². The van der Waals surface area contributed by atoms with Crippen LogP contribution in [-0.2, 0) is 0 Å². The van der Waals surface area contributed by atoms with E-state index in [9.17, 15) is 13.2 Å². The average Bonchev–Trinajstić information content (AvgIpc) is 2.69. The van der Waals surface area contributed by atoms with Crippen molar-refractivity contribution in [1.29, 1.82) is 0 Å². The fourth-order valence-corrected chi connectivity index (χ4v) is 3.19. The first-order chi connectivity index (χ1) is 8.95. The van der Waals surface area contributed by atoms with Crippen molar-refractivity contribution < 1.29 is 13.2 Å². The van der Waals surface area contributed by atoms with E-state index >= 15 is 0 Å². The van der Waals surface area contributed by atoms with Crippen molar-refractivity contribution in [1.82, 2.24) is 5.43 Å². The largest absolute Gasteiger partial charge is 0.271 e.